The average Bonchev–Trinajstić information content (AvgIpc) is 2.29. The molecule has 1 aromatic rings. The summed E-state index contributed by atoms with van der Waals surface area (Å²) in [5, 5.41) is 3.10. The molecule has 0 aliphatic carbocycles. The van der Waals surface area contributed by atoms with Crippen LogP contribution in [0.15, 0.2) is 30.3 Å². The van der Waals surface area contributed by atoms with Gasteiger partial charge in [-0.3, -0.25) is 4.21 Å². The van der Waals surface area contributed by atoms with Crippen molar-refractivity contribution in [1.82, 2.24) is 5.32 Å². The van der Waals surface area contributed by atoms with E-state index in [0.717, 1.165) is 5.56 Å². The van der Waals surface area contributed by atoms with Gasteiger partial charge in [0.05, 0.1) is 6.61 Å². The van der Waals surface area contributed by atoms with Crippen molar-refractivity contribution in [1.29, 1.82) is 0 Å². The summed E-state index contributed by atoms with van der Waals surface area (Å²) in [6.07, 6.45) is 0. The van der Waals surface area contributed by atoms with Gasteiger partial charge in [0.25, 0.3) is 0 Å². The predicted molar refractivity (Wildman–Crippen MR) is 67.9 cm³/mol. The number of nitrogens with one attached hydrogen (secondary N) is 1. The zero-order valence-electron chi connectivity index (χ0n) is 9.81. The van der Waals surface area contributed by atoms with E-state index in [0.29, 0.717) is 18.1 Å². The Hall–Kier alpha value is -0.710. The second-order valence-electron chi connectivity index (χ2n) is 3.68. The van der Waals surface area contributed by atoms with Crippen LogP contribution in [0.2, 0.25) is 0 Å². The number of benzene rings is 1. The third-order valence-corrected chi connectivity index (χ3v) is 3.76. The fourth-order valence-electron chi connectivity index (χ4n) is 1.46. The van der Waals surface area contributed by atoms with E-state index in [1.165, 1.54) is 0 Å². The van der Waals surface area contributed by atoms with Crippen LogP contribution < -0.4 is 5.32 Å². The van der Waals surface area contributed by atoms with E-state index in [2.05, 4.69) is 5.32 Å². The highest BCUT2D eigenvalue weighted by Gasteiger charge is 2.10. The number of likely N-dealkylation sites (N-methyl/N-ethyl adjacent to an activating group) is 1. The quantitative estimate of drug-likeness (QED) is 0.779. The first-order valence-electron chi connectivity index (χ1n) is 5.31. The summed E-state index contributed by atoms with van der Waals surface area (Å²) < 4.78 is 16.9. The summed E-state index contributed by atoms with van der Waals surface area (Å²) >= 11 is 0. The highest BCUT2D eigenvalue weighted by molar-refractivity contribution is 7.84. The van der Waals surface area contributed by atoms with Crippen molar-refractivity contribution in [3.63, 3.8) is 0 Å². The molecule has 1 rings (SSSR count). The highest BCUT2D eigenvalue weighted by atomic mass is 32.2. The second-order valence-corrected chi connectivity index (χ2v) is 5.18. The summed E-state index contributed by atoms with van der Waals surface area (Å²) in [5.41, 5.74) is 1.12. The molecule has 0 fully saturated rings. The molecular formula is C12H19NO2S. The van der Waals surface area contributed by atoms with Crippen LogP contribution in [0.1, 0.15) is 5.56 Å². The topological polar surface area (TPSA) is 38.3 Å². The molecule has 2 atom stereocenters. The number of ether oxygens (including phenoxy) is 1. The van der Waals surface area contributed by atoms with E-state index in [1.807, 2.05) is 37.4 Å². The maximum Gasteiger partial charge on any atom is 0.0624 e. The lowest BCUT2D eigenvalue weighted by molar-refractivity contribution is 0.176. The Bertz CT molecular complexity index is 316. The first-order chi connectivity index (χ1) is 7.76. The molecule has 0 aliphatic rings. The molecule has 0 spiro atoms. The zero-order chi connectivity index (χ0) is 11.8. The Kier molecular flexibility index (Phi) is 6.30. The Labute approximate surface area is 99.7 Å². The fraction of sp³-hybridized carbons (Fsp3) is 0.500. The van der Waals surface area contributed by atoms with Gasteiger partial charge in [-0.05, 0) is 12.6 Å². The van der Waals surface area contributed by atoms with Gasteiger partial charge >= 0.3 is 0 Å². The summed E-state index contributed by atoms with van der Waals surface area (Å²) in [7, 11) is 2.68. The van der Waals surface area contributed by atoms with Crippen molar-refractivity contribution in [2.45, 2.75) is 11.8 Å². The lowest BCUT2D eigenvalue weighted by atomic mass is 10.2. The molecule has 1 N–H and O–H groups in total. The van der Waals surface area contributed by atoms with Crippen LogP contribution in [0.4, 0.5) is 0 Å². The van der Waals surface area contributed by atoms with Gasteiger partial charge < -0.3 is 10.1 Å². The SMILES string of the molecule is CNC(COC)CS(=O)Cc1ccccc1. The van der Waals surface area contributed by atoms with E-state index < -0.39 is 10.8 Å². The molecule has 0 saturated heterocycles. The first-order valence-corrected chi connectivity index (χ1v) is 6.80. The summed E-state index contributed by atoms with van der Waals surface area (Å²) in [6, 6.07) is 10.1. The molecular weight excluding hydrogens is 222 g/mol. The van der Waals surface area contributed by atoms with Gasteiger partial charge in [0.2, 0.25) is 0 Å². The molecule has 90 valence electrons. The molecule has 2 unspecified atom stereocenters. The van der Waals surface area contributed by atoms with Crippen molar-refractivity contribution in [2.75, 3.05) is 26.5 Å². The lowest BCUT2D eigenvalue weighted by Crippen LogP contribution is -2.35. The number of hydrogen-bond donors (Lipinski definition) is 1. The monoisotopic (exact) mass is 241 g/mol. The van der Waals surface area contributed by atoms with Crippen LogP contribution >= 0.6 is 0 Å². The first kappa shape index (κ1) is 13.4. The van der Waals surface area contributed by atoms with Crippen molar-refractivity contribution in [2.24, 2.45) is 0 Å². The van der Waals surface area contributed by atoms with Gasteiger partial charge in [-0.15, -0.1) is 0 Å². The predicted octanol–water partition coefficient (Wildman–Crippen LogP) is 1.17. The molecule has 0 bridgehead atoms. The van der Waals surface area contributed by atoms with Crippen LogP contribution in [0.3, 0.4) is 0 Å². The molecule has 0 aromatic heterocycles. The van der Waals surface area contributed by atoms with Gasteiger partial charge in [0.15, 0.2) is 0 Å². The minimum Gasteiger partial charge on any atom is -0.383 e. The van der Waals surface area contributed by atoms with Gasteiger partial charge in [0.1, 0.15) is 0 Å². The Morgan fingerprint density at radius 3 is 2.62 bits per heavy atom. The largest absolute Gasteiger partial charge is 0.383 e. The number of rotatable bonds is 7. The molecule has 0 amide bonds. The van der Waals surface area contributed by atoms with E-state index in [-0.39, 0.29) is 6.04 Å². The third kappa shape index (κ3) is 4.88. The molecule has 1 aromatic carbocycles. The van der Waals surface area contributed by atoms with Crippen molar-refractivity contribution in [3.05, 3.63) is 35.9 Å². The smallest absolute Gasteiger partial charge is 0.0624 e. The minimum absolute atomic E-state index is 0.162. The van der Waals surface area contributed by atoms with Crippen molar-refractivity contribution < 1.29 is 8.95 Å². The molecule has 3 nitrogen and oxygen atoms in total. The van der Waals surface area contributed by atoms with Gasteiger partial charge in [-0.2, -0.15) is 0 Å². The van der Waals surface area contributed by atoms with E-state index in [9.17, 15) is 4.21 Å². The second kappa shape index (κ2) is 7.54. The van der Waals surface area contributed by atoms with E-state index in [4.69, 9.17) is 4.74 Å². The minimum atomic E-state index is -0.845. The third-order valence-electron chi connectivity index (χ3n) is 2.33. The molecule has 0 radical (unpaired) electrons. The Morgan fingerprint density at radius 2 is 2.06 bits per heavy atom. The zero-order valence-corrected chi connectivity index (χ0v) is 10.6. The van der Waals surface area contributed by atoms with Crippen LogP contribution in [0, 0.1) is 0 Å². The van der Waals surface area contributed by atoms with Gasteiger partial charge in [0, 0.05) is 35.5 Å². The molecule has 0 heterocycles. The Morgan fingerprint density at radius 1 is 1.38 bits per heavy atom. The fourth-order valence-corrected chi connectivity index (χ4v) is 2.85. The summed E-state index contributed by atoms with van der Waals surface area (Å²) in [6.45, 7) is 0.594. The maximum absolute atomic E-state index is 11.9. The molecule has 0 saturated carbocycles. The van der Waals surface area contributed by atoms with Gasteiger partial charge in [-0.25, -0.2) is 0 Å². The summed E-state index contributed by atoms with van der Waals surface area (Å²) in [4.78, 5) is 0. The molecule has 4 heteroatoms. The summed E-state index contributed by atoms with van der Waals surface area (Å²) in [5.74, 6) is 1.24. The van der Waals surface area contributed by atoms with Gasteiger partial charge in [-0.1, -0.05) is 30.3 Å². The Balaban J connectivity index is 2.41. The van der Waals surface area contributed by atoms with Crippen LogP contribution in [-0.2, 0) is 21.3 Å². The molecule has 0 aliphatic heterocycles. The van der Waals surface area contributed by atoms with Crippen LogP contribution in [0.5, 0.6) is 0 Å². The number of hydrogen-bond acceptors (Lipinski definition) is 3. The normalized spacial score (nSPS) is 14.6. The van der Waals surface area contributed by atoms with Crippen molar-refractivity contribution >= 4 is 10.8 Å². The highest BCUT2D eigenvalue weighted by Crippen LogP contribution is 2.04. The average molecular weight is 241 g/mol. The van der Waals surface area contributed by atoms with E-state index >= 15 is 0 Å². The van der Waals surface area contributed by atoms with E-state index in [1.54, 1.807) is 7.11 Å². The molecule has 16 heavy (non-hydrogen) atoms. The number of methoxy groups -OCH3 is 1. The maximum atomic E-state index is 11.9. The van der Waals surface area contributed by atoms with Crippen LogP contribution in [-0.4, -0.2) is 36.8 Å². The van der Waals surface area contributed by atoms with Crippen molar-refractivity contribution in [3.8, 4) is 0 Å². The standard InChI is InChI=1S/C12H19NO2S/c1-13-12(8-15-2)10-16(14)9-11-6-4-3-5-7-11/h3-7,12-13H,8-10H2,1-2H3. The van der Waals surface area contributed by atoms with Crippen LogP contribution in [0.25, 0.3) is 0 Å². The lowest BCUT2D eigenvalue weighted by Gasteiger charge is -2.14.